The van der Waals surface area contributed by atoms with Crippen molar-refractivity contribution >= 4 is 22.9 Å². The summed E-state index contributed by atoms with van der Waals surface area (Å²) in [6.45, 7) is 4.07. The number of H-pyrrole nitrogens is 1. The largest absolute Gasteiger partial charge is 0.456 e. The Morgan fingerprint density at radius 3 is 2.73 bits per heavy atom. The normalized spacial score (nSPS) is 11.1. The molecule has 0 aliphatic heterocycles. The summed E-state index contributed by atoms with van der Waals surface area (Å²) in [6, 6.07) is 13.1. The third-order valence-electron chi connectivity index (χ3n) is 3.73. The van der Waals surface area contributed by atoms with Crippen LogP contribution in [0.25, 0.3) is 5.57 Å². The molecule has 0 unspecified atom stereocenters. The summed E-state index contributed by atoms with van der Waals surface area (Å²) < 4.78 is 5.85. The van der Waals surface area contributed by atoms with Crippen molar-refractivity contribution in [1.29, 1.82) is 5.26 Å². The minimum Gasteiger partial charge on any atom is -0.456 e. The van der Waals surface area contributed by atoms with Gasteiger partial charge < -0.3 is 10.1 Å². The number of benzene rings is 2. The molecule has 26 heavy (non-hydrogen) atoms. The highest BCUT2D eigenvalue weighted by molar-refractivity contribution is 6.32. The molecule has 0 aliphatic carbocycles. The van der Waals surface area contributed by atoms with E-state index in [4.69, 9.17) is 21.6 Å². The highest BCUT2D eigenvalue weighted by atomic mass is 35.5. The van der Waals surface area contributed by atoms with Crippen molar-refractivity contribution in [2.45, 2.75) is 13.8 Å². The molecule has 3 aromatic rings. The van der Waals surface area contributed by atoms with Crippen LogP contribution >= 0.6 is 11.6 Å². The summed E-state index contributed by atoms with van der Waals surface area (Å²) in [6.07, 6.45) is 1.49. The number of hydrogen-bond donors (Lipinski definition) is 2. The maximum absolute atomic E-state index is 9.15. The van der Waals surface area contributed by atoms with Crippen molar-refractivity contribution in [3.05, 3.63) is 64.6 Å². The van der Waals surface area contributed by atoms with Crippen LogP contribution in [0.1, 0.15) is 17.0 Å². The number of halogens is 1. The number of anilines is 1. The number of rotatable bonds is 5. The number of nitriles is 1. The lowest BCUT2D eigenvalue weighted by Crippen LogP contribution is -1.94. The number of aromatic nitrogens is 4. The second kappa shape index (κ2) is 7.68. The molecule has 0 radical (unpaired) electrons. The average molecular weight is 367 g/mol. The van der Waals surface area contributed by atoms with Crippen molar-refractivity contribution in [1.82, 2.24) is 20.6 Å². The smallest absolute Gasteiger partial charge is 0.216 e. The quantitative estimate of drug-likeness (QED) is 0.655. The molecule has 0 saturated heterocycles. The Bertz CT molecular complexity index is 991. The van der Waals surface area contributed by atoms with E-state index >= 15 is 0 Å². The monoisotopic (exact) mass is 366 g/mol. The maximum atomic E-state index is 9.15. The summed E-state index contributed by atoms with van der Waals surface area (Å²) in [7, 11) is 0. The molecule has 1 aromatic heterocycles. The third-order valence-corrected chi connectivity index (χ3v) is 4.02. The van der Waals surface area contributed by atoms with Crippen LogP contribution in [0.5, 0.6) is 11.5 Å². The van der Waals surface area contributed by atoms with Gasteiger partial charge in [0.2, 0.25) is 5.82 Å². The second-order valence-corrected chi connectivity index (χ2v) is 5.95. The molecule has 3 rings (SSSR count). The molecular weight excluding hydrogens is 352 g/mol. The third kappa shape index (κ3) is 3.99. The molecule has 1 heterocycles. The fourth-order valence-corrected chi connectivity index (χ4v) is 2.38. The first-order chi connectivity index (χ1) is 12.6. The zero-order valence-corrected chi connectivity index (χ0v) is 14.9. The van der Waals surface area contributed by atoms with Crippen LogP contribution in [-0.4, -0.2) is 20.6 Å². The van der Waals surface area contributed by atoms with Gasteiger partial charge in [-0.1, -0.05) is 17.7 Å². The molecule has 0 bridgehead atoms. The van der Waals surface area contributed by atoms with Crippen LogP contribution in [0, 0.1) is 25.2 Å². The minimum atomic E-state index is 0.209. The van der Waals surface area contributed by atoms with Gasteiger partial charge in [0.15, 0.2) is 0 Å². The van der Waals surface area contributed by atoms with E-state index in [0.29, 0.717) is 16.5 Å². The van der Waals surface area contributed by atoms with E-state index in [2.05, 4.69) is 25.9 Å². The SMILES string of the molecule is Cc1ccc(Oc2ccc(NC=C(C#N)c3nn[nH]n3)cc2Cl)cc1C. The van der Waals surface area contributed by atoms with Crippen LogP contribution < -0.4 is 10.1 Å². The van der Waals surface area contributed by atoms with Gasteiger partial charge in [-0.3, -0.25) is 0 Å². The van der Waals surface area contributed by atoms with Gasteiger partial charge in [0.25, 0.3) is 0 Å². The molecule has 0 atom stereocenters. The standard InChI is InChI=1S/C18H15ClN6O/c1-11-3-5-15(7-12(11)2)26-17-6-4-14(8-16(17)19)21-10-13(9-20)18-22-24-25-23-18/h3-8,10,21H,1-2H3,(H,22,23,24,25). The van der Waals surface area contributed by atoms with E-state index in [1.807, 2.05) is 38.1 Å². The van der Waals surface area contributed by atoms with Crippen molar-refractivity contribution < 1.29 is 4.74 Å². The fourth-order valence-electron chi connectivity index (χ4n) is 2.16. The molecular formula is C18H15ClN6O. The first kappa shape index (κ1) is 17.5. The predicted molar refractivity (Wildman–Crippen MR) is 98.8 cm³/mol. The fraction of sp³-hybridized carbons (Fsp3) is 0.111. The second-order valence-electron chi connectivity index (χ2n) is 5.54. The number of aromatic amines is 1. The number of tetrazole rings is 1. The minimum absolute atomic E-state index is 0.209. The molecule has 0 spiro atoms. The van der Waals surface area contributed by atoms with E-state index in [1.165, 1.54) is 11.8 Å². The van der Waals surface area contributed by atoms with E-state index in [9.17, 15) is 0 Å². The summed E-state index contributed by atoms with van der Waals surface area (Å²) >= 11 is 6.31. The lowest BCUT2D eigenvalue weighted by molar-refractivity contribution is 0.482. The molecule has 2 aromatic carbocycles. The van der Waals surface area contributed by atoms with Gasteiger partial charge in [0, 0.05) is 11.9 Å². The molecule has 2 N–H and O–H groups in total. The zero-order valence-electron chi connectivity index (χ0n) is 14.1. The first-order valence-corrected chi connectivity index (χ1v) is 8.10. The summed E-state index contributed by atoms with van der Waals surface area (Å²) in [5.41, 5.74) is 3.28. The first-order valence-electron chi connectivity index (χ1n) is 7.72. The number of hydrogen-bond acceptors (Lipinski definition) is 6. The lowest BCUT2D eigenvalue weighted by Gasteiger charge is -2.11. The Kier molecular flexibility index (Phi) is 5.15. The van der Waals surface area contributed by atoms with E-state index < -0.39 is 0 Å². The van der Waals surface area contributed by atoms with Crippen LogP contribution in [0.2, 0.25) is 5.02 Å². The number of ether oxygens (including phenoxy) is 1. The molecule has 0 saturated carbocycles. The van der Waals surface area contributed by atoms with E-state index in [-0.39, 0.29) is 11.4 Å². The topological polar surface area (TPSA) is 99.5 Å². The lowest BCUT2D eigenvalue weighted by atomic mass is 10.1. The van der Waals surface area contributed by atoms with Gasteiger partial charge in [0.05, 0.1) is 5.02 Å². The molecule has 0 aliphatic rings. The predicted octanol–water partition coefficient (Wildman–Crippen LogP) is 4.24. The summed E-state index contributed by atoms with van der Waals surface area (Å²) in [5, 5.41) is 25.9. The van der Waals surface area contributed by atoms with E-state index in [1.54, 1.807) is 18.2 Å². The Morgan fingerprint density at radius 1 is 1.23 bits per heavy atom. The van der Waals surface area contributed by atoms with E-state index in [0.717, 1.165) is 11.3 Å². The van der Waals surface area contributed by atoms with Gasteiger partial charge in [-0.15, -0.1) is 10.2 Å². The van der Waals surface area contributed by atoms with Gasteiger partial charge in [-0.25, -0.2) is 0 Å². The highest BCUT2D eigenvalue weighted by Gasteiger charge is 2.08. The molecule has 0 fully saturated rings. The number of nitrogens with zero attached hydrogens (tertiary/aromatic N) is 4. The number of allylic oxidation sites excluding steroid dienone is 1. The Morgan fingerprint density at radius 2 is 2.08 bits per heavy atom. The number of nitrogens with one attached hydrogen (secondary N) is 2. The van der Waals surface area contributed by atoms with Crippen molar-refractivity contribution in [2.24, 2.45) is 0 Å². The maximum Gasteiger partial charge on any atom is 0.216 e. The molecule has 0 amide bonds. The van der Waals surface area contributed by atoms with Crippen molar-refractivity contribution in [3.8, 4) is 17.6 Å². The van der Waals surface area contributed by atoms with Crippen LogP contribution in [0.4, 0.5) is 5.69 Å². The zero-order chi connectivity index (χ0) is 18.5. The Hall–Kier alpha value is -3.37. The van der Waals surface area contributed by atoms with Gasteiger partial charge in [-0.2, -0.15) is 10.5 Å². The molecule has 7 nitrogen and oxygen atoms in total. The molecule has 8 heteroatoms. The van der Waals surface area contributed by atoms with Gasteiger partial charge in [0.1, 0.15) is 23.1 Å². The van der Waals surface area contributed by atoms with Gasteiger partial charge in [-0.05, 0) is 60.5 Å². The Balaban J connectivity index is 1.75. The van der Waals surface area contributed by atoms with Crippen LogP contribution in [-0.2, 0) is 0 Å². The van der Waals surface area contributed by atoms with Crippen LogP contribution in [0.3, 0.4) is 0 Å². The highest BCUT2D eigenvalue weighted by Crippen LogP contribution is 2.32. The van der Waals surface area contributed by atoms with Crippen LogP contribution in [0.15, 0.2) is 42.6 Å². The average Bonchev–Trinajstić information content (AvgIpc) is 3.15. The Labute approximate surface area is 155 Å². The summed E-state index contributed by atoms with van der Waals surface area (Å²) in [4.78, 5) is 0. The summed E-state index contributed by atoms with van der Waals surface area (Å²) in [5.74, 6) is 1.48. The van der Waals surface area contributed by atoms with Gasteiger partial charge >= 0.3 is 0 Å². The van der Waals surface area contributed by atoms with Crippen molar-refractivity contribution in [3.63, 3.8) is 0 Å². The number of aryl methyl sites for hydroxylation is 2. The molecule has 130 valence electrons. The van der Waals surface area contributed by atoms with Crippen molar-refractivity contribution in [2.75, 3.05) is 5.32 Å².